The summed E-state index contributed by atoms with van der Waals surface area (Å²) in [5.74, 6) is 0.517. The van der Waals surface area contributed by atoms with Gasteiger partial charge in [0.15, 0.2) is 5.82 Å². The first-order valence-electron chi connectivity index (χ1n) is 5.60. The van der Waals surface area contributed by atoms with Gasteiger partial charge in [-0.05, 0) is 0 Å². The molecule has 2 aromatic heterocycles. The minimum atomic E-state index is -0.416. The van der Waals surface area contributed by atoms with Crippen molar-refractivity contribution in [3.8, 4) is 11.3 Å². The number of nitrogens with zero attached hydrogens (tertiary/aromatic N) is 5. The maximum Gasteiger partial charge on any atom is 0.415 e. The van der Waals surface area contributed by atoms with Crippen LogP contribution < -0.4 is 4.90 Å². The van der Waals surface area contributed by atoms with Crippen molar-refractivity contribution in [2.75, 3.05) is 18.1 Å². The minimum absolute atomic E-state index is 0.351. The van der Waals surface area contributed by atoms with E-state index in [4.69, 9.17) is 16.3 Å². The van der Waals surface area contributed by atoms with Gasteiger partial charge >= 0.3 is 6.09 Å². The molecule has 0 bridgehead atoms. The van der Waals surface area contributed by atoms with Crippen LogP contribution in [0.2, 0.25) is 5.02 Å². The molecule has 0 aliphatic carbocycles. The number of hydrogen-bond donors (Lipinski definition) is 0. The summed E-state index contributed by atoms with van der Waals surface area (Å²) >= 11 is 6.32. The van der Waals surface area contributed by atoms with Crippen LogP contribution >= 0.6 is 11.6 Å². The molecule has 2 aromatic rings. The standard InChI is InChI=1S/C11H10ClN5O2/c1-16-10(17-2-3-19-11(17)18)8(12)9(15-16)7-4-13-6-14-5-7/h4-6H,2-3H2,1H3. The summed E-state index contributed by atoms with van der Waals surface area (Å²) in [6.45, 7) is 0.812. The van der Waals surface area contributed by atoms with Crippen molar-refractivity contribution in [2.45, 2.75) is 0 Å². The van der Waals surface area contributed by atoms with Crippen molar-refractivity contribution >= 4 is 23.5 Å². The Morgan fingerprint density at radius 1 is 1.37 bits per heavy atom. The topological polar surface area (TPSA) is 73.1 Å². The van der Waals surface area contributed by atoms with Crippen LogP contribution in [0.25, 0.3) is 11.3 Å². The summed E-state index contributed by atoms with van der Waals surface area (Å²) in [6.07, 6.45) is 4.25. The number of hydrogen-bond acceptors (Lipinski definition) is 5. The molecular weight excluding hydrogens is 270 g/mol. The highest BCUT2D eigenvalue weighted by Gasteiger charge is 2.30. The third kappa shape index (κ3) is 1.91. The summed E-state index contributed by atoms with van der Waals surface area (Å²) < 4.78 is 6.46. The molecule has 0 unspecified atom stereocenters. The molecule has 0 atom stereocenters. The third-order valence-corrected chi connectivity index (χ3v) is 3.16. The fraction of sp³-hybridized carbons (Fsp3) is 0.273. The van der Waals surface area contributed by atoms with Crippen LogP contribution in [0.5, 0.6) is 0 Å². The molecule has 1 saturated heterocycles. The van der Waals surface area contributed by atoms with E-state index in [1.165, 1.54) is 11.2 Å². The number of carbonyl (C=O) groups is 1. The van der Waals surface area contributed by atoms with Crippen molar-refractivity contribution in [3.63, 3.8) is 0 Å². The molecule has 98 valence electrons. The van der Waals surface area contributed by atoms with Crippen molar-refractivity contribution in [3.05, 3.63) is 23.7 Å². The Morgan fingerprint density at radius 3 is 2.74 bits per heavy atom. The highest BCUT2D eigenvalue weighted by molar-refractivity contribution is 6.36. The number of aryl methyl sites for hydroxylation is 1. The van der Waals surface area contributed by atoms with Gasteiger partial charge in [0.05, 0.1) is 6.54 Å². The predicted octanol–water partition coefficient (Wildman–Crippen LogP) is 1.49. The van der Waals surface area contributed by atoms with Crippen LogP contribution in [0.4, 0.5) is 10.6 Å². The van der Waals surface area contributed by atoms with E-state index in [0.29, 0.717) is 35.2 Å². The molecule has 0 saturated carbocycles. The minimum Gasteiger partial charge on any atom is -0.447 e. The Hall–Kier alpha value is -2.15. The first-order chi connectivity index (χ1) is 9.18. The van der Waals surface area contributed by atoms with E-state index >= 15 is 0 Å². The van der Waals surface area contributed by atoms with E-state index in [-0.39, 0.29) is 0 Å². The highest BCUT2D eigenvalue weighted by atomic mass is 35.5. The Bertz CT molecular complexity index is 628. The van der Waals surface area contributed by atoms with E-state index in [2.05, 4.69) is 15.1 Å². The van der Waals surface area contributed by atoms with E-state index < -0.39 is 6.09 Å². The van der Waals surface area contributed by atoms with Gasteiger partial charge in [-0.25, -0.2) is 14.8 Å². The first kappa shape index (κ1) is 11.9. The predicted molar refractivity (Wildman–Crippen MR) is 67.9 cm³/mol. The maximum atomic E-state index is 11.6. The second-order valence-electron chi connectivity index (χ2n) is 4.00. The molecule has 1 amide bonds. The summed E-state index contributed by atoms with van der Waals surface area (Å²) in [6, 6.07) is 0. The van der Waals surface area contributed by atoms with Crippen LogP contribution in [0.3, 0.4) is 0 Å². The quantitative estimate of drug-likeness (QED) is 0.833. The number of rotatable bonds is 2. The summed E-state index contributed by atoms with van der Waals surface area (Å²) in [7, 11) is 1.72. The lowest BCUT2D eigenvalue weighted by Gasteiger charge is -2.12. The first-order valence-corrected chi connectivity index (χ1v) is 5.98. The molecule has 3 heterocycles. The Balaban J connectivity index is 2.08. The van der Waals surface area contributed by atoms with Crippen LogP contribution in [0.15, 0.2) is 18.7 Å². The number of carbonyl (C=O) groups excluding carboxylic acids is 1. The van der Waals surface area contributed by atoms with E-state index in [1.807, 2.05) is 0 Å². The monoisotopic (exact) mass is 279 g/mol. The lowest BCUT2D eigenvalue weighted by molar-refractivity contribution is 0.181. The fourth-order valence-corrected chi connectivity index (χ4v) is 2.35. The number of aromatic nitrogens is 4. The third-order valence-electron chi connectivity index (χ3n) is 2.81. The summed E-state index contributed by atoms with van der Waals surface area (Å²) in [5, 5.41) is 4.70. The second kappa shape index (κ2) is 4.51. The number of cyclic esters (lactones) is 1. The number of ether oxygens (including phenoxy) is 1. The fourth-order valence-electron chi connectivity index (χ4n) is 1.97. The van der Waals surface area contributed by atoms with Crippen molar-refractivity contribution < 1.29 is 9.53 Å². The molecule has 0 spiro atoms. The summed E-state index contributed by atoms with van der Waals surface area (Å²) in [5.41, 5.74) is 1.24. The van der Waals surface area contributed by atoms with Gasteiger partial charge in [0.25, 0.3) is 0 Å². The molecule has 1 aliphatic heterocycles. The van der Waals surface area contributed by atoms with Crippen LogP contribution in [0.1, 0.15) is 0 Å². The van der Waals surface area contributed by atoms with Crippen LogP contribution in [-0.4, -0.2) is 39.0 Å². The van der Waals surface area contributed by atoms with Crippen LogP contribution in [0, 0.1) is 0 Å². The van der Waals surface area contributed by atoms with Crippen molar-refractivity contribution in [1.82, 2.24) is 19.7 Å². The molecular formula is C11H10ClN5O2. The van der Waals surface area contributed by atoms with Gasteiger partial charge in [-0.15, -0.1) is 0 Å². The lowest BCUT2D eigenvalue weighted by atomic mass is 10.2. The summed E-state index contributed by atoms with van der Waals surface area (Å²) in [4.78, 5) is 20.9. The normalized spacial score (nSPS) is 14.8. The van der Waals surface area contributed by atoms with E-state index in [1.54, 1.807) is 24.1 Å². The molecule has 19 heavy (non-hydrogen) atoms. The SMILES string of the molecule is Cn1nc(-c2cncnc2)c(Cl)c1N1CCOC1=O. The molecule has 0 aromatic carbocycles. The van der Waals surface area contributed by atoms with Gasteiger partial charge in [0.1, 0.15) is 23.7 Å². The zero-order valence-corrected chi connectivity index (χ0v) is 10.8. The Labute approximate surface area is 113 Å². The average Bonchev–Trinajstić information content (AvgIpc) is 2.95. The number of halogens is 1. The molecule has 7 nitrogen and oxygen atoms in total. The zero-order chi connectivity index (χ0) is 13.4. The molecule has 0 N–H and O–H groups in total. The van der Waals surface area contributed by atoms with Gasteiger partial charge in [0, 0.05) is 25.0 Å². The van der Waals surface area contributed by atoms with Gasteiger partial charge in [-0.1, -0.05) is 11.6 Å². The molecule has 8 heteroatoms. The van der Waals surface area contributed by atoms with Gasteiger partial charge in [-0.2, -0.15) is 5.10 Å². The maximum absolute atomic E-state index is 11.6. The Morgan fingerprint density at radius 2 is 2.11 bits per heavy atom. The van der Waals surface area contributed by atoms with Crippen molar-refractivity contribution in [2.24, 2.45) is 7.05 Å². The van der Waals surface area contributed by atoms with E-state index in [9.17, 15) is 4.79 Å². The average molecular weight is 280 g/mol. The zero-order valence-electron chi connectivity index (χ0n) is 10.1. The van der Waals surface area contributed by atoms with Crippen molar-refractivity contribution in [1.29, 1.82) is 0 Å². The number of amides is 1. The lowest BCUT2D eigenvalue weighted by Crippen LogP contribution is -2.25. The van der Waals surface area contributed by atoms with Crippen LogP contribution in [-0.2, 0) is 11.8 Å². The van der Waals surface area contributed by atoms with Gasteiger partial charge in [-0.3, -0.25) is 9.58 Å². The molecule has 1 aliphatic rings. The molecule has 1 fully saturated rings. The largest absolute Gasteiger partial charge is 0.447 e. The number of anilines is 1. The smallest absolute Gasteiger partial charge is 0.415 e. The highest BCUT2D eigenvalue weighted by Crippen LogP contribution is 2.35. The Kier molecular flexibility index (Phi) is 2.83. The molecule has 3 rings (SSSR count). The molecule has 0 radical (unpaired) electrons. The van der Waals surface area contributed by atoms with E-state index in [0.717, 1.165) is 0 Å². The van der Waals surface area contributed by atoms with Gasteiger partial charge in [0.2, 0.25) is 0 Å². The van der Waals surface area contributed by atoms with Gasteiger partial charge < -0.3 is 4.74 Å². The second-order valence-corrected chi connectivity index (χ2v) is 4.38.